The molecule has 2 heterocycles. The lowest BCUT2D eigenvalue weighted by atomic mass is 10.0. The number of aromatic nitrogens is 1. The van der Waals surface area contributed by atoms with Gasteiger partial charge in [-0.25, -0.2) is 9.78 Å². The quantitative estimate of drug-likeness (QED) is 0.844. The highest BCUT2D eigenvalue weighted by Gasteiger charge is 2.29. The molecule has 0 saturated carbocycles. The van der Waals surface area contributed by atoms with Crippen molar-refractivity contribution in [3.63, 3.8) is 0 Å². The highest BCUT2D eigenvalue weighted by atomic mass is 35.5. The minimum atomic E-state index is -1.11. The number of pyridine rings is 1. The largest absolute Gasteiger partial charge is 0.477 e. The molecule has 8 heteroatoms. The molecule has 1 saturated heterocycles. The van der Waals surface area contributed by atoms with Gasteiger partial charge in [0, 0.05) is 19.2 Å². The Labute approximate surface area is 154 Å². The van der Waals surface area contributed by atoms with Crippen LogP contribution in [0.15, 0.2) is 36.4 Å². The molecular weight excluding hydrogens is 367 g/mol. The van der Waals surface area contributed by atoms with E-state index in [9.17, 15) is 4.79 Å². The number of carbonyl (C=O) groups is 1. The van der Waals surface area contributed by atoms with Crippen LogP contribution >= 0.6 is 23.2 Å². The minimum absolute atomic E-state index is 0.0777. The second kappa shape index (κ2) is 8.01. The third-order valence-corrected chi connectivity index (χ3v) is 4.49. The van der Waals surface area contributed by atoms with E-state index in [4.69, 9.17) is 37.8 Å². The van der Waals surface area contributed by atoms with Crippen molar-refractivity contribution in [1.29, 1.82) is 0 Å². The van der Waals surface area contributed by atoms with E-state index in [1.807, 2.05) is 6.07 Å². The summed E-state index contributed by atoms with van der Waals surface area (Å²) in [6.45, 7) is 1.71. The van der Waals surface area contributed by atoms with Crippen molar-refractivity contribution in [2.75, 3.05) is 19.7 Å². The zero-order valence-corrected chi connectivity index (χ0v) is 14.6. The summed E-state index contributed by atoms with van der Waals surface area (Å²) >= 11 is 12.1. The van der Waals surface area contributed by atoms with E-state index in [0.717, 1.165) is 5.56 Å². The van der Waals surface area contributed by atoms with Crippen molar-refractivity contribution >= 4 is 29.2 Å². The standard InChI is InChI=1S/C17H16Cl2N2O4/c18-11-5-4-10(8-12(11)19)16-14(9-20-6-7-24-16)25-15-3-1-2-13(21-15)17(22)23/h1-5,8,14,16,20H,6-7,9H2,(H,22,23)/t14-,16+/m0/s1. The molecule has 2 atom stereocenters. The average Bonchev–Trinajstić information content (AvgIpc) is 2.83. The molecule has 0 aliphatic carbocycles. The summed E-state index contributed by atoms with van der Waals surface area (Å²) in [6, 6.07) is 9.90. The fourth-order valence-corrected chi connectivity index (χ4v) is 2.88. The van der Waals surface area contributed by atoms with Crippen LogP contribution in [-0.2, 0) is 4.74 Å². The molecule has 0 spiro atoms. The molecular formula is C17H16Cl2N2O4. The van der Waals surface area contributed by atoms with E-state index in [1.165, 1.54) is 6.07 Å². The van der Waals surface area contributed by atoms with Crippen molar-refractivity contribution < 1.29 is 19.4 Å². The maximum atomic E-state index is 11.1. The number of nitrogens with one attached hydrogen (secondary N) is 1. The SMILES string of the molecule is O=C(O)c1cccc(O[C@H]2CNCCO[C@@H]2c2ccc(Cl)c(Cl)c2)n1. The monoisotopic (exact) mass is 382 g/mol. The molecule has 1 aliphatic heterocycles. The summed E-state index contributed by atoms with van der Waals surface area (Å²) in [5, 5.41) is 13.2. The van der Waals surface area contributed by atoms with Crippen molar-refractivity contribution in [3.05, 3.63) is 57.7 Å². The van der Waals surface area contributed by atoms with Crippen LogP contribution in [0.2, 0.25) is 10.0 Å². The second-order valence-corrected chi connectivity index (χ2v) is 6.31. The van der Waals surface area contributed by atoms with Crippen molar-refractivity contribution in [2.45, 2.75) is 12.2 Å². The summed E-state index contributed by atoms with van der Waals surface area (Å²) < 4.78 is 11.8. The van der Waals surface area contributed by atoms with Crippen molar-refractivity contribution in [2.24, 2.45) is 0 Å². The first-order valence-electron chi connectivity index (χ1n) is 7.69. The first-order valence-corrected chi connectivity index (χ1v) is 8.44. The van der Waals surface area contributed by atoms with Crippen LogP contribution in [0.3, 0.4) is 0 Å². The number of hydrogen-bond donors (Lipinski definition) is 2. The molecule has 0 radical (unpaired) electrons. The van der Waals surface area contributed by atoms with Crippen LogP contribution in [0, 0.1) is 0 Å². The maximum Gasteiger partial charge on any atom is 0.354 e. The van der Waals surface area contributed by atoms with E-state index >= 15 is 0 Å². The summed E-state index contributed by atoms with van der Waals surface area (Å²) in [5.74, 6) is -0.885. The Morgan fingerprint density at radius 1 is 1.28 bits per heavy atom. The molecule has 2 aromatic rings. The molecule has 3 rings (SSSR count). The molecule has 25 heavy (non-hydrogen) atoms. The second-order valence-electron chi connectivity index (χ2n) is 5.49. The van der Waals surface area contributed by atoms with Gasteiger partial charge in [-0.3, -0.25) is 0 Å². The number of halogens is 2. The van der Waals surface area contributed by atoms with Gasteiger partial charge in [0.2, 0.25) is 5.88 Å². The van der Waals surface area contributed by atoms with Gasteiger partial charge in [0.1, 0.15) is 12.2 Å². The summed E-state index contributed by atoms with van der Waals surface area (Å²) in [4.78, 5) is 15.1. The van der Waals surface area contributed by atoms with Crippen molar-refractivity contribution in [1.82, 2.24) is 10.3 Å². The van der Waals surface area contributed by atoms with Crippen LogP contribution in [0.5, 0.6) is 5.88 Å². The molecule has 1 aromatic carbocycles. The Kier molecular flexibility index (Phi) is 5.75. The van der Waals surface area contributed by atoms with Crippen LogP contribution in [0.25, 0.3) is 0 Å². The molecule has 1 fully saturated rings. The first-order chi connectivity index (χ1) is 12.0. The van der Waals surface area contributed by atoms with Crippen LogP contribution < -0.4 is 10.1 Å². The third kappa shape index (κ3) is 4.41. The van der Waals surface area contributed by atoms with Crippen LogP contribution in [-0.4, -0.2) is 41.9 Å². The lowest BCUT2D eigenvalue weighted by Gasteiger charge is -2.26. The molecule has 6 nitrogen and oxygen atoms in total. The van der Waals surface area contributed by atoms with Crippen LogP contribution in [0.1, 0.15) is 22.2 Å². The number of nitrogens with zero attached hydrogens (tertiary/aromatic N) is 1. The van der Waals surface area contributed by atoms with E-state index in [2.05, 4.69) is 10.3 Å². The highest BCUT2D eigenvalue weighted by Crippen LogP contribution is 2.31. The third-order valence-electron chi connectivity index (χ3n) is 3.75. The van der Waals surface area contributed by atoms with E-state index < -0.39 is 12.1 Å². The fourth-order valence-electron chi connectivity index (χ4n) is 2.58. The van der Waals surface area contributed by atoms with Gasteiger partial charge in [0.25, 0.3) is 0 Å². The lowest BCUT2D eigenvalue weighted by molar-refractivity contribution is -0.0101. The van der Waals surface area contributed by atoms with Gasteiger partial charge in [-0.15, -0.1) is 0 Å². The Balaban J connectivity index is 1.86. The molecule has 0 amide bonds. The van der Waals surface area contributed by atoms with Gasteiger partial charge in [-0.05, 0) is 23.8 Å². The van der Waals surface area contributed by atoms with Gasteiger partial charge in [0.15, 0.2) is 5.69 Å². The molecule has 1 aromatic heterocycles. The van der Waals surface area contributed by atoms with Gasteiger partial charge >= 0.3 is 5.97 Å². The normalized spacial score (nSPS) is 20.7. The van der Waals surface area contributed by atoms with E-state index in [1.54, 1.807) is 24.3 Å². The Bertz CT molecular complexity index is 772. The molecule has 0 unspecified atom stereocenters. The van der Waals surface area contributed by atoms with Crippen LogP contribution in [0.4, 0.5) is 0 Å². The topological polar surface area (TPSA) is 80.7 Å². The summed E-state index contributed by atoms with van der Waals surface area (Å²) in [7, 11) is 0. The minimum Gasteiger partial charge on any atom is -0.477 e. The Morgan fingerprint density at radius 3 is 2.88 bits per heavy atom. The Morgan fingerprint density at radius 2 is 2.12 bits per heavy atom. The highest BCUT2D eigenvalue weighted by molar-refractivity contribution is 6.42. The Hall–Kier alpha value is -1.86. The predicted octanol–water partition coefficient (Wildman–Crippen LogP) is 3.20. The van der Waals surface area contributed by atoms with Gasteiger partial charge in [0.05, 0.1) is 16.7 Å². The van der Waals surface area contributed by atoms with E-state index in [-0.39, 0.29) is 17.7 Å². The number of benzene rings is 1. The smallest absolute Gasteiger partial charge is 0.354 e. The number of carboxylic acid groups (broad SMARTS) is 1. The van der Waals surface area contributed by atoms with E-state index in [0.29, 0.717) is 29.7 Å². The fraction of sp³-hybridized carbons (Fsp3) is 0.294. The predicted molar refractivity (Wildman–Crippen MR) is 93.6 cm³/mol. The summed E-state index contributed by atoms with van der Waals surface area (Å²) in [5.41, 5.74) is 0.753. The zero-order chi connectivity index (χ0) is 17.8. The maximum absolute atomic E-state index is 11.1. The number of carboxylic acids is 1. The van der Waals surface area contributed by atoms with Gasteiger partial charge in [-0.2, -0.15) is 0 Å². The molecule has 1 aliphatic rings. The number of hydrogen-bond acceptors (Lipinski definition) is 5. The van der Waals surface area contributed by atoms with Crippen molar-refractivity contribution in [3.8, 4) is 5.88 Å². The van der Waals surface area contributed by atoms with Gasteiger partial charge < -0.3 is 19.9 Å². The molecule has 2 N–H and O–H groups in total. The lowest BCUT2D eigenvalue weighted by Crippen LogP contribution is -2.34. The zero-order valence-electron chi connectivity index (χ0n) is 13.1. The summed E-state index contributed by atoms with van der Waals surface area (Å²) in [6.07, 6.45) is -0.795. The molecule has 132 valence electrons. The molecule has 0 bridgehead atoms. The number of aromatic carboxylic acids is 1. The first kappa shape index (κ1) is 17.9. The average molecular weight is 383 g/mol. The number of ether oxygens (including phenoxy) is 2. The van der Waals surface area contributed by atoms with Gasteiger partial charge in [-0.1, -0.05) is 35.3 Å². The number of rotatable bonds is 4.